The second-order valence-corrected chi connectivity index (χ2v) is 7.47. The first-order valence-electron chi connectivity index (χ1n) is 8.21. The number of aryl methyl sites for hydroxylation is 1. The van der Waals surface area contributed by atoms with Crippen molar-refractivity contribution >= 4 is 28.2 Å². The molecule has 1 fully saturated rings. The summed E-state index contributed by atoms with van der Waals surface area (Å²) >= 11 is 1.38. The molecule has 1 unspecified atom stereocenters. The van der Waals surface area contributed by atoms with E-state index >= 15 is 0 Å². The van der Waals surface area contributed by atoms with Gasteiger partial charge in [-0.15, -0.1) is 11.3 Å². The summed E-state index contributed by atoms with van der Waals surface area (Å²) < 4.78 is 0. The summed E-state index contributed by atoms with van der Waals surface area (Å²) in [7, 11) is 0. The van der Waals surface area contributed by atoms with Gasteiger partial charge in [-0.25, -0.2) is 0 Å². The van der Waals surface area contributed by atoms with Gasteiger partial charge in [0.25, 0.3) is 0 Å². The van der Waals surface area contributed by atoms with Crippen LogP contribution in [0.1, 0.15) is 66.9 Å². The van der Waals surface area contributed by atoms with Crippen molar-refractivity contribution in [2.45, 2.75) is 57.3 Å². The minimum atomic E-state index is -0.884. The Morgan fingerprint density at radius 2 is 1.91 bits per heavy atom. The third kappa shape index (κ3) is 3.11. The number of carbonyl (C=O) groups excluding carboxylic acids is 1. The summed E-state index contributed by atoms with van der Waals surface area (Å²) in [4.78, 5) is 24.8. The summed E-state index contributed by atoms with van der Waals surface area (Å²) in [5.41, 5.74) is 0.997. The van der Waals surface area contributed by atoms with E-state index in [1.165, 1.54) is 17.8 Å². The van der Waals surface area contributed by atoms with E-state index < -0.39 is 11.9 Å². The largest absolute Gasteiger partial charge is 0.481 e. The van der Waals surface area contributed by atoms with Gasteiger partial charge in [0, 0.05) is 16.4 Å². The molecule has 0 spiro atoms. The Morgan fingerprint density at radius 1 is 1.17 bits per heavy atom. The van der Waals surface area contributed by atoms with Crippen LogP contribution in [0.15, 0.2) is 0 Å². The van der Waals surface area contributed by atoms with Gasteiger partial charge in [0.2, 0.25) is 5.91 Å². The van der Waals surface area contributed by atoms with Gasteiger partial charge in [0.1, 0.15) is 11.1 Å². The fourth-order valence-electron chi connectivity index (χ4n) is 3.68. The molecule has 2 N–H and O–H groups in total. The fourth-order valence-corrected chi connectivity index (χ4v) is 4.94. The standard InChI is InChI=1S/C17H20N2O3S/c18-9-12-14-11(17(21)22)7-4-8-13(14)23-16(12)19-15(20)10-5-2-1-3-6-10/h10-11H,1-8H2,(H,19,20)(H,21,22). The molecule has 0 aliphatic heterocycles. The van der Waals surface area contributed by atoms with Gasteiger partial charge in [-0.1, -0.05) is 19.3 Å². The zero-order valence-corrected chi connectivity index (χ0v) is 13.7. The molecule has 1 aromatic heterocycles. The molecule has 1 heterocycles. The molecule has 1 saturated carbocycles. The fraction of sp³-hybridized carbons (Fsp3) is 0.588. The Morgan fingerprint density at radius 3 is 2.57 bits per heavy atom. The normalized spacial score (nSPS) is 21.3. The Bertz CT molecular complexity index is 668. The number of carbonyl (C=O) groups is 2. The molecule has 0 bridgehead atoms. The van der Waals surface area contributed by atoms with Gasteiger partial charge in [0.15, 0.2) is 0 Å². The SMILES string of the molecule is N#Cc1c(NC(=O)C2CCCCC2)sc2c1C(C(=O)O)CCC2. The van der Waals surface area contributed by atoms with Crippen LogP contribution in [0.4, 0.5) is 5.00 Å². The molecule has 5 nitrogen and oxygen atoms in total. The van der Waals surface area contributed by atoms with Gasteiger partial charge >= 0.3 is 5.97 Å². The number of nitrogens with zero attached hydrogens (tertiary/aromatic N) is 1. The lowest BCUT2D eigenvalue weighted by Gasteiger charge is -2.20. The molecule has 23 heavy (non-hydrogen) atoms. The summed E-state index contributed by atoms with van der Waals surface area (Å²) in [6.07, 6.45) is 7.29. The van der Waals surface area contributed by atoms with Crippen molar-refractivity contribution in [1.29, 1.82) is 5.26 Å². The van der Waals surface area contributed by atoms with Crippen molar-refractivity contribution < 1.29 is 14.7 Å². The van der Waals surface area contributed by atoms with E-state index in [0.717, 1.165) is 43.4 Å². The number of thiophene rings is 1. The third-order valence-electron chi connectivity index (χ3n) is 4.89. The highest BCUT2D eigenvalue weighted by molar-refractivity contribution is 7.16. The average Bonchev–Trinajstić information content (AvgIpc) is 2.92. The van der Waals surface area contributed by atoms with Crippen LogP contribution in [0.25, 0.3) is 0 Å². The van der Waals surface area contributed by atoms with Crippen molar-refractivity contribution in [3.8, 4) is 6.07 Å². The summed E-state index contributed by atoms with van der Waals surface area (Å²) in [5, 5.41) is 22.4. The van der Waals surface area contributed by atoms with E-state index in [-0.39, 0.29) is 11.8 Å². The number of amides is 1. The Hall–Kier alpha value is -1.87. The van der Waals surface area contributed by atoms with E-state index in [2.05, 4.69) is 11.4 Å². The number of rotatable bonds is 3. The third-order valence-corrected chi connectivity index (χ3v) is 6.07. The first kappa shape index (κ1) is 16.0. The van der Waals surface area contributed by atoms with Crippen LogP contribution in [-0.4, -0.2) is 17.0 Å². The van der Waals surface area contributed by atoms with E-state index in [4.69, 9.17) is 0 Å². The highest BCUT2D eigenvalue weighted by Crippen LogP contribution is 2.43. The Labute approximate surface area is 139 Å². The quantitative estimate of drug-likeness (QED) is 0.884. The number of nitriles is 1. The maximum Gasteiger partial charge on any atom is 0.311 e. The first-order chi connectivity index (χ1) is 11.1. The number of nitrogens with one attached hydrogen (secondary N) is 1. The van der Waals surface area contributed by atoms with Crippen LogP contribution in [0, 0.1) is 17.2 Å². The van der Waals surface area contributed by atoms with Crippen LogP contribution in [0.3, 0.4) is 0 Å². The number of hydrogen-bond donors (Lipinski definition) is 2. The lowest BCUT2D eigenvalue weighted by atomic mass is 9.85. The molecule has 122 valence electrons. The second kappa shape index (κ2) is 6.71. The highest BCUT2D eigenvalue weighted by atomic mass is 32.1. The molecule has 3 rings (SSSR count). The zero-order chi connectivity index (χ0) is 16.4. The van der Waals surface area contributed by atoms with E-state index in [1.54, 1.807) is 0 Å². The van der Waals surface area contributed by atoms with Gasteiger partial charge in [-0.2, -0.15) is 5.26 Å². The molecule has 2 aliphatic rings. The number of fused-ring (bicyclic) bond motifs is 1. The van der Waals surface area contributed by atoms with Crippen molar-refractivity contribution in [2.75, 3.05) is 5.32 Å². The van der Waals surface area contributed by atoms with Crippen LogP contribution in [0.2, 0.25) is 0 Å². The molecule has 2 aliphatic carbocycles. The van der Waals surface area contributed by atoms with Crippen LogP contribution < -0.4 is 5.32 Å². The van der Waals surface area contributed by atoms with Crippen molar-refractivity contribution in [3.05, 3.63) is 16.0 Å². The number of carboxylic acids is 1. The summed E-state index contributed by atoms with van der Waals surface area (Å²) in [6.45, 7) is 0. The van der Waals surface area contributed by atoms with Crippen molar-refractivity contribution in [2.24, 2.45) is 5.92 Å². The molecular formula is C17H20N2O3S. The predicted molar refractivity (Wildman–Crippen MR) is 87.6 cm³/mol. The average molecular weight is 332 g/mol. The molecule has 1 atom stereocenters. The monoisotopic (exact) mass is 332 g/mol. The molecule has 6 heteroatoms. The van der Waals surface area contributed by atoms with E-state index in [1.807, 2.05) is 0 Å². The highest BCUT2D eigenvalue weighted by Gasteiger charge is 2.33. The van der Waals surface area contributed by atoms with Gasteiger partial charge in [-0.3, -0.25) is 9.59 Å². The molecule has 0 saturated heterocycles. The maximum absolute atomic E-state index is 12.4. The molecular weight excluding hydrogens is 312 g/mol. The molecule has 1 amide bonds. The Kier molecular flexibility index (Phi) is 4.67. The van der Waals surface area contributed by atoms with E-state index in [9.17, 15) is 20.0 Å². The van der Waals surface area contributed by atoms with Gasteiger partial charge < -0.3 is 10.4 Å². The Balaban J connectivity index is 1.87. The zero-order valence-electron chi connectivity index (χ0n) is 12.9. The maximum atomic E-state index is 12.4. The number of aliphatic carboxylic acids is 1. The lowest BCUT2D eigenvalue weighted by Crippen LogP contribution is -2.24. The van der Waals surface area contributed by atoms with Crippen molar-refractivity contribution in [3.63, 3.8) is 0 Å². The van der Waals surface area contributed by atoms with Crippen LogP contribution in [-0.2, 0) is 16.0 Å². The van der Waals surface area contributed by atoms with Gasteiger partial charge in [-0.05, 0) is 32.1 Å². The minimum Gasteiger partial charge on any atom is -0.481 e. The molecule has 0 radical (unpaired) electrons. The lowest BCUT2D eigenvalue weighted by molar-refractivity contribution is -0.139. The number of anilines is 1. The minimum absolute atomic E-state index is 0.0182. The van der Waals surface area contributed by atoms with Crippen LogP contribution >= 0.6 is 11.3 Å². The topological polar surface area (TPSA) is 90.2 Å². The first-order valence-corrected chi connectivity index (χ1v) is 9.02. The second-order valence-electron chi connectivity index (χ2n) is 6.36. The number of hydrogen-bond acceptors (Lipinski definition) is 4. The summed E-state index contributed by atoms with van der Waals surface area (Å²) in [6, 6.07) is 2.13. The van der Waals surface area contributed by atoms with Gasteiger partial charge in [0.05, 0.1) is 11.5 Å². The number of carboxylic acid groups (broad SMARTS) is 1. The smallest absolute Gasteiger partial charge is 0.311 e. The molecule has 0 aromatic carbocycles. The molecule has 1 aromatic rings. The predicted octanol–water partition coefficient (Wildman–Crippen LogP) is 3.64. The van der Waals surface area contributed by atoms with Crippen molar-refractivity contribution in [1.82, 2.24) is 0 Å². The van der Waals surface area contributed by atoms with Crippen LogP contribution in [0.5, 0.6) is 0 Å². The summed E-state index contributed by atoms with van der Waals surface area (Å²) in [5.74, 6) is -1.51. The van der Waals surface area contributed by atoms with E-state index in [0.29, 0.717) is 22.5 Å².